The average molecular weight is 1180 g/mol. The van der Waals surface area contributed by atoms with E-state index in [1.165, 1.54) is 10.0 Å². The summed E-state index contributed by atoms with van der Waals surface area (Å²) in [7, 11) is 8.07. The predicted octanol–water partition coefficient (Wildman–Crippen LogP) is 9.03. The number of fused-ring (bicyclic) bond motifs is 2. The van der Waals surface area contributed by atoms with Crippen molar-refractivity contribution in [2.75, 3.05) is 137 Å². The Bertz CT molecular complexity index is 3780. The van der Waals surface area contributed by atoms with Crippen LogP contribution in [-0.2, 0) is 16.0 Å². The number of morpholine rings is 2. The molecule has 87 heavy (non-hydrogen) atoms. The number of hydrogen-bond donors (Lipinski definition) is 2. The summed E-state index contributed by atoms with van der Waals surface area (Å²) in [6, 6.07) is 31.4. The molecular formula is C65H76N16O6. The summed E-state index contributed by atoms with van der Waals surface area (Å²) in [6.45, 7) is 14.7. The molecule has 22 nitrogen and oxygen atoms in total. The molecular weight excluding hydrogens is 1100 g/mol. The Morgan fingerprint density at radius 2 is 0.943 bits per heavy atom. The third-order valence-electron chi connectivity index (χ3n) is 17.1. The summed E-state index contributed by atoms with van der Waals surface area (Å²) in [5, 5.41) is 10.6. The van der Waals surface area contributed by atoms with Gasteiger partial charge in [0, 0.05) is 123 Å². The van der Waals surface area contributed by atoms with E-state index in [9.17, 15) is 9.59 Å². The van der Waals surface area contributed by atoms with Gasteiger partial charge in [-0.2, -0.15) is 10.0 Å². The van der Waals surface area contributed by atoms with Crippen LogP contribution < -0.4 is 30.5 Å². The number of likely N-dealkylation sites (N-methyl/N-ethyl adjacent to an activating group) is 2. The van der Waals surface area contributed by atoms with Crippen molar-refractivity contribution in [3.63, 3.8) is 0 Å². The average Bonchev–Trinajstić information content (AvgIpc) is 2.07. The summed E-state index contributed by atoms with van der Waals surface area (Å²) in [6.07, 6.45) is 5.79. The molecule has 2 unspecified atom stereocenters. The molecule has 6 amide bonds. The lowest BCUT2D eigenvalue weighted by Crippen LogP contribution is -2.54. The fraction of sp³-hybridized carbons (Fsp3) is 0.385. The van der Waals surface area contributed by atoms with Gasteiger partial charge in [0.2, 0.25) is 0 Å². The van der Waals surface area contributed by atoms with Crippen molar-refractivity contribution in [1.82, 2.24) is 48.7 Å². The maximum Gasteiger partial charge on any atom is 0.345 e. The zero-order valence-corrected chi connectivity index (χ0v) is 50.6. The molecule has 4 fully saturated rings. The number of carbonyl (C=O) groups is 4. The first-order valence-corrected chi connectivity index (χ1v) is 30.1. The first-order chi connectivity index (χ1) is 42.2. The molecule has 22 heteroatoms. The number of nitrogens with one attached hydrogen (secondary N) is 2. The lowest BCUT2D eigenvalue weighted by molar-refractivity contribution is 0.0775. The normalized spacial score (nSPS) is 17.3. The number of urea groups is 2. The molecule has 2 atom stereocenters. The van der Waals surface area contributed by atoms with E-state index < -0.39 is 12.1 Å². The number of carbonyl (C=O) groups excluding carboxylic acids is 4. The number of hydrazine groups is 1. The second-order valence-electron chi connectivity index (χ2n) is 23.4. The minimum Gasteiger partial charge on any atom is -0.378 e. The molecule has 0 saturated carbocycles. The van der Waals surface area contributed by atoms with E-state index in [1.54, 1.807) is 72.8 Å². The van der Waals surface area contributed by atoms with Crippen LogP contribution >= 0.6 is 0 Å². The first-order valence-electron chi connectivity index (χ1n) is 30.1. The number of hydrogen-bond acceptors (Lipinski definition) is 14. The highest BCUT2D eigenvalue weighted by molar-refractivity contribution is 6.13. The van der Waals surface area contributed by atoms with Crippen molar-refractivity contribution in [3.8, 4) is 22.8 Å². The van der Waals surface area contributed by atoms with Crippen LogP contribution in [0.3, 0.4) is 0 Å². The lowest BCUT2D eigenvalue weighted by Gasteiger charge is -2.35. The Labute approximate surface area is 506 Å². The molecule has 4 aliphatic rings. The highest BCUT2D eigenvalue weighted by Crippen LogP contribution is 2.34. The van der Waals surface area contributed by atoms with Gasteiger partial charge in [-0.25, -0.2) is 29.5 Å². The third-order valence-corrected chi connectivity index (χ3v) is 17.1. The quantitative estimate of drug-likeness (QED) is 0.0978. The van der Waals surface area contributed by atoms with E-state index in [-0.39, 0.29) is 41.3 Å². The molecule has 0 radical (unpaired) electrons. The van der Waals surface area contributed by atoms with Gasteiger partial charge in [0.25, 0.3) is 11.8 Å². The zero-order valence-electron chi connectivity index (χ0n) is 50.6. The molecule has 4 aromatic heterocycles. The Morgan fingerprint density at radius 1 is 0.529 bits per heavy atom. The number of likely N-dealkylation sites (tertiary alicyclic amines) is 2. The van der Waals surface area contributed by atoms with Crippen molar-refractivity contribution in [1.29, 1.82) is 0 Å². The lowest BCUT2D eigenvalue weighted by atomic mass is 10.1. The molecule has 12 rings (SSSR count). The van der Waals surface area contributed by atoms with Gasteiger partial charge in [0.05, 0.1) is 48.6 Å². The highest BCUT2D eigenvalue weighted by atomic mass is 16.5. The fourth-order valence-corrected chi connectivity index (χ4v) is 12.0. The van der Waals surface area contributed by atoms with E-state index in [2.05, 4.69) is 78.5 Å². The van der Waals surface area contributed by atoms with Gasteiger partial charge in [-0.05, 0) is 171 Å². The Morgan fingerprint density at radius 3 is 1.34 bits per heavy atom. The zero-order chi connectivity index (χ0) is 60.5. The summed E-state index contributed by atoms with van der Waals surface area (Å²) >= 11 is 0. The van der Waals surface area contributed by atoms with E-state index in [1.807, 2.05) is 68.5 Å². The highest BCUT2D eigenvalue weighted by Gasteiger charge is 2.34. The summed E-state index contributed by atoms with van der Waals surface area (Å²) < 4.78 is 15.6. The maximum atomic E-state index is 15.5. The maximum absolute atomic E-state index is 15.5. The minimum atomic E-state index is -0.699. The number of benzene rings is 4. The second kappa shape index (κ2) is 25.2. The number of ether oxygens (including phenoxy) is 2. The van der Waals surface area contributed by atoms with E-state index >= 15 is 9.59 Å². The van der Waals surface area contributed by atoms with Crippen molar-refractivity contribution < 1.29 is 28.7 Å². The summed E-state index contributed by atoms with van der Waals surface area (Å²) in [4.78, 5) is 91.8. The van der Waals surface area contributed by atoms with Crippen LogP contribution in [0, 0.1) is 0 Å². The van der Waals surface area contributed by atoms with Crippen LogP contribution in [0.25, 0.3) is 44.8 Å². The fourth-order valence-electron chi connectivity index (χ4n) is 12.0. The molecule has 452 valence electrons. The van der Waals surface area contributed by atoms with Crippen LogP contribution in [0.15, 0.2) is 122 Å². The van der Waals surface area contributed by atoms with Gasteiger partial charge in [-0.15, -0.1) is 0 Å². The topological polar surface area (TPSA) is 198 Å². The van der Waals surface area contributed by atoms with Gasteiger partial charge >= 0.3 is 12.1 Å². The summed E-state index contributed by atoms with van der Waals surface area (Å²) in [5.74, 6) is 2.48. The van der Waals surface area contributed by atoms with E-state index in [4.69, 9.17) is 29.4 Å². The van der Waals surface area contributed by atoms with Crippen LogP contribution in [-0.4, -0.2) is 192 Å². The number of aryl methyl sites for hydroxylation is 1. The Hall–Kier alpha value is -8.96. The van der Waals surface area contributed by atoms with E-state index in [0.717, 1.165) is 64.2 Å². The first kappa shape index (κ1) is 58.4. The van der Waals surface area contributed by atoms with Crippen LogP contribution in [0.4, 0.5) is 44.0 Å². The number of rotatable bonds is 14. The molecule has 0 spiro atoms. The van der Waals surface area contributed by atoms with Gasteiger partial charge in [-0.1, -0.05) is 0 Å². The number of amides is 6. The third kappa shape index (κ3) is 12.1. The van der Waals surface area contributed by atoms with Gasteiger partial charge < -0.3 is 58.6 Å². The molecule has 4 aliphatic heterocycles. The Kier molecular flexibility index (Phi) is 16.9. The van der Waals surface area contributed by atoms with E-state index in [0.29, 0.717) is 113 Å². The van der Waals surface area contributed by atoms with Crippen molar-refractivity contribution >= 4 is 80.3 Å². The predicted molar refractivity (Wildman–Crippen MR) is 340 cm³/mol. The molecule has 0 bridgehead atoms. The smallest absolute Gasteiger partial charge is 0.345 e. The van der Waals surface area contributed by atoms with Crippen LogP contribution in [0.2, 0.25) is 0 Å². The molecule has 4 aromatic carbocycles. The molecule has 2 N–H and O–H groups in total. The van der Waals surface area contributed by atoms with Crippen molar-refractivity contribution in [2.45, 2.75) is 58.3 Å². The number of anilines is 6. The molecule has 0 aliphatic carbocycles. The standard InChI is InChI=1S/C65H76N16O6/c1-8-74-31-27-54-58(74)68-56(69-59(54)75-33-37-86-38-34-75)44-9-17-48(18-10-44)66-64(84)80(50-21-13-46(14-22-50)62(82)77-29-25-52(41-77)72(4)5)81(51-23-15-47(16-24-51)63(83)78-30-26-53(42-78)73(6)7)65(85)67-49-19-11-45(12-20-49)57-70-60(76-35-39-87-40-36-76)55-28-32-79(43(2)3)61(55)71-57/h9-24,27-28,31-32,43,52-53H,8,25-26,29-30,33-42H2,1-7H3,(H,66,84)(H,67,85). The molecule has 8 heterocycles. The van der Waals surface area contributed by atoms with Gasteiger partial charge in [-0.3, -0.25) is 9.59 Å². The number of aromatic nitrogens is 6. The number of nitrogens with zero attached hydrogens (tertiary/aromatic N) is 14. The second-order valence-corrected chi connectivity index (χ2v) is 23.4. The Balaban J connectivity index is 0.896. The molecule has 4 saturated heterocycles. The van der Waals surface area contributed by atoms with Crippen LogP contribution in [0.5, 0.6) is 0 Å². The van der Waals surface area contributed by atoms with Gasteiger partial charge in [0.15, 0.2) is 11.6 Å². The van der Waals surface area contributed by atoms with Crippen molar-refractivity contribution in [3.05, 3.63) is 133 Å². The molecule has 8 aromatic rings. The SMILES string of the molecule is CCn1ccc2c(N3CCOCC3)nc(-c3ccc(NC(=O)N(c4ccc(C(=O)N5CCC(N(C)C)C5)cc4)N(C(=O)Nc4ccc(-c5nc(N6CCOCC6)c6ccn(C(C)C)c6n5)cc4)c4ccc(C(=O)N5CCC(N(C)C)C5)cc4)cc3)nc21. The van der Waals surface area contributed by atoms with Crippen molar-refractivity contribution in [2.24, 2.45) is 0 Å². The monoisotopic (exact) mass is 1180 g/mol. The van der Waals surface area contributed by atoms with Gasteiger partial charge in [0.1, 0.15) is 22.9 Å². The van der Waals surface area contributed by atoms with Crippen LogP contribution in [0.1, 0.15) is 60.4 Å². The minimum absolute atomic E-state index is 0.130. The largest absolute Gasteiger partial charge is 0.378 e. The summed E-state index contributed by atoms with van der Waals surface area (Å²) in [5.41, 5.74) is 5.39.